The minimum absolute atomic E-state index is 0.368. The Bertz CT molecular complexity index is 1200. The number of fused-ring (bicyclic) bond motifs is 1. The average molecular weight is 435 g/mol. The number of alkyl halides is 1. The van der Waals surface area contributed by atoms with Gasteiger partial charge in [0.05, 0.1) is 12.9 Å². The lowest BCUT2D eigenvalue weighted by atomic mass is 10.1. The zero-order chi connectivity index (χ0) is 22.1. The van der Waals surface area contributed by atoms with Gasteiger partial charge < -0.3 is 20.3 Å². The molecule has 1 aliphatic heterocycles. The lowest BCUT2D eigenvalue weighted by Crippen LogP contribution is -2.30. The highest BCUT2D eigenvalue weighted by atomic mass is 19.1. The number of ether oxygens (including phenoxy) is 1. The van der Waals surface area contributed by atoms with Gasteiger partial charge >= 0.3 is 0 Å². The van der Waals surface area contributed by atoms with E-state index in [0.717, 1.165) is 11.1 Å². The molecule has 164 valence electrons. The van der Waals surface area contributed by atoms with Gasteiger partial charge in [0.25, 0.3) is 0 Å². The van der Waals surface area contributed by atoms with Crippen molar-refractivity contribution in [2.24, 2.45) is 0 Å². The first-order valence-electron chi connectivity index (χ1n) is 10.3. The van der Waals surface area contributed by atoms with Crippen LogP contribution in [0, 0.1) is 0 Å². The largest absolute Gasteiger partial charge is 0.394 e. The van der Waals surface area contributed by atoms with E-state index >= 15 is 0 Å². The molecule has 2 aromatic carbocycles. The first-order chi connectivity index (χ1) is 15.7. The maximum atomic E-state index is 14.8. The minimum Gasteiger partial charge on any atom is -0.394 e. The Balaban J connectivity index is 1.58. The second-order valence-electron chi connectivity index (χ2n) is 7.61. The fourth-order valence-corrected chi connectivity index (χ4v) is 3.80. The summed E-state index contributed by atoms with van der Waals surface area (Å²) in [5, 5.41) is 22.8. The van der Waals surface area contributed by atoms with Crippen LogP contribution in [0.1, 0.15) is 11.8 Å². The van der Waals surface area contributed by atoms with E-state index in [0.29, 0.717) is 29.4 Å². The molecule has 1 saturated heterocycles. The Kier molecular flexibility index (Phi) is 5.52. The lowest BCUT2D eigenvalue weighted by Gasteiger charge is -2.16. The first-order valence-corrected chi connectivity index (χ1v) is 10.3. The lowest BCUT2D eigenvalue weighted by molar-refractivity contribution is -0.0459. The van der Waals surface area contributed by atoms with Crippen LogP contribution >= 0.6 is 0 Å². The summed E-state index contributed by atoms with van der Waals surface area (Å²) in [6, 6.07) is 19.3. The van der Waals surface area contributed by atoms with E-state index in [2.05, 4.69) is 20.3 Å². The maximum Gasteiger partial charge on any atom is 0.173 e. The molecule has 3 heterocycles. The molecular formula is C23H22FN5O3. The zero-order valence-electron chi connectivity index (χ0n) is 17.0. The number of benzene rings is 2. The molecule has 3 N–H and O–H groups in total. The third kappa shape index (κ3) is 3.70. The molecule has 4 atom stereocenters. The average Bonchev–Trinajstić information content (AvgIpc) is 3.39. The number of aliphatic hydroxyl groups excluding tert-OH is 2. The number of hydrogen-bond acceptors (Lipinski definition) is 7. The van der Waals surface area contributed by atoms with Gasteiger partial charge in [-0.3, -0.25) is 4.57 Å². The van der Waals surface area contributed by atoms with Crippen LogP contribution in [-0.2, 0) is 11.3 Å². The highest BCUT2D eigenvalue weighted by Gasteiger charge is 2.45. The van der Waals surface area contributed by atoms with Crippen molar-refractivity contribution in [2.45, 2.75) is 31.2 Å². The fraction of sp³-hybridized carbons (Fsp3) is 0.261. The highest BCUT2D eigenvalue weighted by molar-refractivity contribution is 5.85. The smallest absolute Gasteiger partial charge is 0.173 e. The number of hydrogen-bond donors (Lipinski definition) is 3. The van der Waals surface area contributed by atoms with Crippen molar-refractivity contribution in [2.75, 3.05) is 11.9 Å². The third-order valence-electron chi connectivity index (χ3n) is 5.50. The number of halogens is 1. The summed E-state index contributed by atoms with van der Waals surface area (Å²) in [4.78, 5) is 13.7. The van der Waals surface area contributed by atoms with E-state index in [-0.39, 0.29) is 0 Å². The molecule has 0 radical (unpaired) electrons. The minimum atomic E-state index is -1.74. The molecule has 0 unspecified atom stereocenters. The van der Waals surface area contributed by atoms with Crippen molar-refractivity contribution in [3.05, 3.63) is 72.6 Å². The molecular weight excluding hydrogens is 413 g/mol. The Morgan fingerprint density at radius 3 is 2.44 bits per heavy atom. The van der Waals surface area contributed by atoms with Crippen LogP contribution in [0.25, 0.3) is 22.6 Å². The van der Waals surface area contributed by atoms with E-state index in [1.54, 1.807) is 0 Å². The van der Waals surface area contributed by atoms with Gasteiger partial charge in [-0.25, -0.2) is 19.3 Å². The van der Waals surface area contributed by atoms with E-state index in [9.17, 15) is 14.6 Å². The van der Waals surface area contributed by atoms with Crippen molar-refractivity contribution in [1.29, 1.82) is 0 Å². The summed E-state index contributed by atoms with van der Waals surface area (Å²) in [6.45, 7) is 0.0316. The molecule has 8 nitrogen and oxygen atoms in total. The van der Waals surface area contributed by atoms with E-state index in [1.165, 1.54) is 10.9 Å². The Morgan fingerprint density at radius 2 is 1.75 bits per heavy atom. The normalized spacial score (nSPS) is 23.0. The Hall–Kier alpha value is -3.40. The quantitative estimate of drug-likeness (QED) is 0.428. The van der Waals surface area contributed by atoms with Crippen LogP contribution in [0.15, 0.2) is 67.0 Å². The monoisotopic (exact) mass is 435 g/mol. The summed E-state index contributed by atoms with van der Waals surface area (Å²) in [6.07, 6.45) is -3.92. The van der Waals surface area contributed by atoms with E-state index < -0.39 is 31.2 Å². The summed E-state index contributed by atoms with van der Waals surface area (Å²) >= 11 is 0. The number of aliphatic hydroxyl groups is 2. The molecule has 4 aromatic rings. The van der Waals surface area contributed by atoms with Gasteiger partial charge in [0, 0.05) is 12.1 Å². The molecule has 0 saturated carbocycles. The topological polar surface area (TPSA) is 105 Å². The molecule has 32 heavy (non-hydrogen) atoms. The van der Waals surface area contributed by atoms with Crippen molar-refractivity contribution in [3.63, 3.8) is 0 Å². The number of anilines is 1. The molecule has 9 heteroatoms. The Morgan fingerprint density at radius 1 is 1.03 bits per heavy atom. The van der Waals surface area contributed by atoms with Gasteiger partial charge in [-0.1, -0.05) is 60.7 Å². The molecule has 2 aromatic heterocycles. The van der Waals surface area contributed by atoms with Gasteiger partial charge in [0.15, 0.2) is 35.2 Å². The second-order valence-corrected chi connectivity index (χ2v) is 7.61. The number of rotatable bonds is 6. The molecule has 0 amide bonds. The maximum absolute atomic E-state index is 14.8. The van der Waals surface area contributed by atoms with Crippen LogP contribution in [0.5, 0.6) is 0 Å². The molecule has 5 rings (SSSR count). The van der Waals surface area contributed by atoms with Crippen molar-refractivity contribution >= 4 is 17.0 Å². The summed E-state index contributed by atoms with van der Waals surface area (Å²) in [5.74, 6) is 0.951. The molecule has 0 spiro atoms. The standard InChI is InChI=1S/C23H22FN5O3/c24-17-19(31)16(12-30)32-23(17)29-13-26-18-21(25-11-14-7-3-1-4-8-14)27-20(28-22(18)29)15-9-5-2-6-10-15/h1-10,13,16-17,19,23,30-31H,11-12H2,(H,25,27,28)/t16-,17+,19-,23-/m1/s1. The van der Waals surface area contributed by atoms with E-state index in [1.807, 2.05) is 60.7 Å². The summed E-state index contributed by atoms with van der Waals surface area (Å²) in [7, 11) is 0. The second kappa shape index (κ2) is 8.62. The zero-order valence-corrected chi connectivity index (χ0v) is 17.0. The van der Waals surface area contributed by atoms with Gasteiger partial charge in [-0.05, 0) is 5.56 Å². The van der Waals surface area contributed by atoms with Crippen molar-refractivity contribution in [1.82, 2.24) is 19.5 Å². The Labute approximate surface area is 183 Å². The van der Waals surface area contributed by atoms with Gasteiger partial charge in [-0.15, -0.1) is 0 Å². The molecule has 0 aliphatic carbocycles. The van der Waals surface area contributed by atoms with Gasteiger partial charge in [0.1, 0.15) is 12.2 Å². The number of nitrogens with one attached hydrogen (secondary N) is 1. The number of imidazole rings is 1. The fourth-order valence-electron chi connectivity index (χ4n) is 3.80. The van der Waals surface area contributed by atoms with Crippen molar-refractivity contribution in [3.8, 4) is 11.4 Å². The third-order valence-corrected chi connectivity index (χ3v) is 5.50. The predicted molar refractivity (Wildman–Crippen MR) is 116 cm³/mol. The molecule has 0 bridgehead atoms. The van der Waals surface area contributed by atoms with Crippen LogP contribution < -0.4 is 5.32 Å². The summed E-state index contributed by atoms with van der Waals surface area (Å²) in [5.41, 5.74) is 2.69. The predicted octanol–water partition coefficient (Wildman–Crippen LogP) is 2.69. The number of nitrogens with zero attached hydrogens (tertiary/aromatic N) is 4. The van der Waals surface area contributed by atoms with E-state index in [4.69, 9.17) is 4.74 Å². The van der Waals surface area contributed by atoms with Crippen LogP contribution in [0.2, 0.25) is 0 Å². The van der Waals surface area contributed by atoms with Crippen molar-refractivity contribution < 1.29 is 19.3 Å². The molecule has 1 fully saturated rings. The SMILES string of the molecule is OC[C@H]1O[C@@H](n2cnc3c(NCc4ccccc4)nc(-c4ccccc4)nc32)[C@@H](F)[C@@H]1O. The summed E-state index contributed by atoms with van der Waals surface area (Å²) < 4.78 is 21.8. The molecule has 1 aliphatic rings. The highest BCUT2D eigenvalue weighted by Crippen LogP contribution is 2.35. The van der Waals surface area contributed by atoms with Gasteiger partial charge in [-0.2, -0.15) is 0 Å². The van der Waals surface area contributed by atoms with Crippen LogP contribution in [0.4, 0.5) is 10.2 Å². The first kappa shape index (κ1) is 20.5. The van der Waals surface area contributed by atoms with Crippen LogP contribution in [-0.4, -0.2) is 54.7 Å². The van der Waals surface area contributed by atoms with Crippen LogP contribution in [0.3, 0.4) is 0 Å². The van der Waals surface area contributed by atoms with Gasteiger partial charge in [0.2, 0.25) is 0 Å². The number of aromatic nitrogens is 4.